The minimum atomic E-state index is -4.01. The van der Waals surface area contributed by atoms with E-state index in [4.69, 9.17) is 4.74 Å². The summed E-state index contributed by atoms with van der Waals surface area (Å²) < 4.78 is 31.4. The van der Waals surface area contributed by atoms with Gasteiger partial charge in [-0.3, -0.25) is 14.9 Å². The van der Waals surface area contributed by atoms with E-state index in [1.165, 1.54) is 6.08 Å². The fourth-order valence-electron chi connectivity index (χ4n) is 1.60. The van der Waals surface area contributed by atoms with E-state index in [-0.39, 0.29) is 23.6 Å². The molecule has 0 unspecified atom stereocenters. The standard InChI is InChI=1S/C13H16N2O6S/c1-3-5-12(13(16)21-4-2)14-22(19,20)11-8-6-10(7-9-11)15(17)18/h3,6-9,12,14H,1,4-5H2,2H3/t12-/m1/s1. The fourth-order valence-corrected chi connectivity index (χ4v) is 2.80. The lowest BCUT2D eigenvalue weighted by molar-refractivity contribution is -0.384. The molecule has 0 aliphatic heterocycles. The first-order valence-corrected chi connectivity index (χ1v) is 7.84. The molecule has 120 valence electrons. The highest BCUT2D eigenvalue weighted by molar-refractivity contribution is 7.89. The van der Waals surface area contributed by atoms with E-state index in [9.17, 15) is 23.3 Å². The van der Waals surface area contributed by atoms with E-state index in [2.05, 4.69) is 11.3 Å². The van der Waals surface area contributed by atoms with Crippen molar-refractivity contribution in [3.8, 4) is 0 Å². The highest BCUT2D eigenvalue weighted by Crippen LogP contribution is 2.16. The number of non-ortho nitro benzene ring substituents is 1. The summed E-state index contributed by atoms with van der Waals surface area (Å²) in [4.78, 5) is 21.4. The summed E-state index contributed by atoms with van der Waals surface area (Å²) in [6.07, 6.45) is 1.45. The Kier molecular flexibility index (Phi) is 6.20. The van der Waals surface area contributed by atoms with Crippen LogP contribution in [0.15, 0.2) is 41.8 Å². The van der Waals surface area contributed by atoms with E-state index >= 15 is 0 Å². The van der Waals surface area contributed by atoms with Gasteiger partial charge in [0.25, 0.3) is 5.69 Å². The molecule has 1 N–H and O–H groups in total. The summed E-state index contributed by atoms with van der Waals surface area (Å²) in [6.45, 7) is 5.18. The largest absolute Gasteiger partial charge is 0.465 e. The van der Waals surface area contributed by atoms with Crippen molar-refractivity contribution in [1.29, 1.82) is 0 Å². The van der Waals surface area contributed by atoms with Crippen LogP contribution in [-0.4, -0.2) is 32.0 Å². The molecule has 22 heavy (non-hydrogen) atoms. The summed E-state index contributed by atoms with van der Waals surface area (Å²) in [5.41, 5.74) is -0.230. The van der Waals surface area contributed by atoms with E-state index in [1.807, 2.05) is 0 Å². The lowest BCUT2D eigenvalue weighted by Crippen LogP contribution is -2.41. The van der Waals surface area contributed by atoms with Gasteiger partial charge >= 0.3 is 5.97 Å². The molecule has 9 heteroatoms. The molecule has 0 bridgehead atoms. The Labute approximate surface area is 128 Å². The number of nitro groups is 1. The number of nitrogens with one attached hydrogen (secondary N) is 1. The quantitative estimate of drug-likeness (QED) is 0.333. The fraction of sp³-hybridized carbons (Fsp3) is 0.308. The molecule has 0 spiro atoms. The van der Waals surface area contributed by atoms with Crippen LogP contribution in [0.3, 0.4) is 0 Å². The maximum absolute atomic E-state index is 12.2. The number of hydrogen-bond acceptors (Lipinski definition) is 6. The Morgan fingerprint density at radius 1 is 1.45 bits per heavy atom. The van der Waals surface area contributed by atoms with Crippen molar-refractivity contribution in [2.24, 2.45) is 0 Å². The Morgan fingerprint density at radius 2 is 2.05 bits per heavy atom. The highest BCUT2D eigenvalue weighted by atomic mass is 32.2. The van der Waals surface area contributed by atoms with Crippen LogP contribution in [0.5, 0.6) is 0 Å². The molecule has 1 aromatic rings. The smallest absolute Gasteiger partial charge is 0.324 e. The van der Waals surface area contributed by atoms with Gasteiger partial charge in [-0.25, -0.2) is 8.42 Å². The maximum Gasteiger partial charge on any atom is 0.324 e. The van der Waals surface area contributed by atoms with Crippen molar-refractivity contribution >= 4 is 21.7 Å². The van der Waals surface area contributed by atoms with Gasteiger partial charge in [0.2, 0.25) is 10.0 Å². The molecule has 0 aliphatic carbocycles. The van der Waals surface area contributed by atoms with Gasteiger partial charge in [0.05, 0.1) is 16.4 Å². The van der Waals surface area contributed by atoms with Gasteiger partial charge in [-0.05, 0) is 25.5 Å². The van der Waals surface area contributed by atoms with Crippen LogP contribution in [0, 0.1) is 10.1 Å². The van der Waals surface area contributed by atoms with Crippen molar-refractivity contribution in [3.63, 3.8) is 0 Å². The van der Waals surface area contributed by atoms with Gasteiger partial charge in [-0.1, -0.05) is 6.08 Å². The molecule has 0 fully saturated rings. The van der Waals surface area contributed by atoms with Gasteiger partial charge in [0, 0.05) is 12.1 Å². The van der Waals surface area contributed by atoms with Crippen LogP contribution >= 0.6 is 0 Å². The van der Waals surface area contributed by atoms with Gasteiger partial charge in [0.1, 0.15) is 6.04 Å². The zero-order chi connectivity index (χ0) is 16.8. The molecule has 1 aromatic carbocycles. The predicted molar refractivity (Wildman–Crippen MR) is 78.7 cm³/mol. The zero-order valence-electron chi connectivity index (χ0n) is 11.9. The number of sulfonamides is 1. The molecule has 0 amide bonds. The lowest BCUT2D eigenvalue weighted by Gasteiger charge is -2.15. The van der Waals surface area contributed by atoms with Crippen LogP contribution in [0.2, 0.25) is 0 Å². The Balaban J connectivity index is 2.98. The third kappa shape index (κ3) is 4.64. The molecule has 0 saturated heterocycles. The van der Waals surface area contributed by atoms with Crippen molar-refractivity contribution in [3.05, 3.63) is 47.0 Å². The van der Waals surface area contributed by atoms with Crippen molar-refractivity contribution in [2.45, 2.75) is 24.3 Å². The Hall–Kier alpha value is -2.26. The SMILES string of the molecule is C=CC[C@@H](NS(=O)(=O)c1ccc([N+](=O)[O-])cc1)C(=O)OCC. The third-order valence-electron chi connectivity index (χ3n) is 2.63. The Morgan fingerprint density at radius 3 is 2.50 bits per heavy atom. The first-order chi connectivity index (χ1) is 10.3. The van der Waals surface area contributed by atoms with E-state index in [1.54, 1.807) is 6.92 Å². The topological polar surface area (TPSA) is 116 Å². The molecular weight excluding hydrogens is 312 g/mol. The number of hydrogen-bond donors (Lipinski definition) is 1. The molecular formula is C13H16N2O6S. The third-order valence-corrected chi connectivity index (χ3v) is 4.12. The average Bonchev–Trinajstić information content (AvgIpc) is 2.47. The first kappa shape index (κ1) is 17.8. The lowest BCUT2D eigenvalue weighted by atomic mass is 10.2. The normalized spacial score (nSPS) is 12.4. The van der Waals surface area contributed by atoms with Crippen LogP contribution < -0.4 is 4.72 Å². The molecule has 8 nitrogen and oxygen atoms in total. The molecule has 0 heterocycles. The highest BCUT2D eigenvalue weighted by Gasteiger charge is 2.26. The summed E-state index contributed by atoms with van der Waals surface area (Å²) >= 11 is 0. The van der Waals surface area contributed by atoms with E-state index in [0.717, 1.165) is 24.3 Å². The zero-order valence-corrected chi connectivity index (χ0v) is 12.7. The number of rotatable bonds is 8. The number of ether oxygens (including phenoxy) is 1. The van der Waals surface area contributed by atoms with E-state index in [0.29, 0.717) is 0 Å². The van der Waals surface area contributed by atoms with E-state index < -0.39 is 27.0 Å². The minimum Gasteiger partial charge on any atom is -0.465 e. The maximum atomic E-state index is 12.2. The van der Waals surface area contributed by atoms with Crippen molar-refractivity contribution < 1.29 is 22.9 Å². The van der Waals surface area contributed by atoms with Crippen molar-refractivity contribution in [2.75, 3.05) is 6.61 Å². The van der Waals surface area contributed by atoms with Gasteiger partial charge in [-0.15, -0.1) is 6.58 Å². The molecule has 1 rings (SSSR count). The monoisotopic (exact) mass is 328 g/mol. The van der Waals surface area contributed by atoms with Gasteiger partial charge < -0.3 is 4.74 Å². The second-order valence-electron chi connectivity index (χ2n) is 4.20. The summed E-state index contributed by atoms with van der Waals surface area (Å²) in [6, 6.07) is 3.23. The number of carbonyl (C=O) groups is 1. The number of esters is 1. The molecule has 1 atom stereocenters. The van der Waals surface area contributed by atoms with Crippen LogP contribution in [0.25, 0.3) is 0 Å². The number of benzene rings is 1. The summed E-state index contributed by atoms with van der Waals surface area (Å²) in [5.74, 6) is -0.715. The van der Waals surface area contributed by atoms with Crippen LogP contribution in [0.4, 0.5) is 5.69 Å². The van der Waals surface area contributed by atoms with Crippen molar-refractivity contribution in [1.82, 2.24) is 4.72 Å². The summed E-state index contributed by atoms with van der Waals surface area (Å²) in [5, 5.41) is 10.6. The molecule has 0 aromatic heterocycles. The van der Waals surface area contributed by atoms with Gasteiger partial charge in [-0.2, -0.15) is 4.72 Å². The predicted octanol–water partition coefficient (Wildman–Crippen LogP) is 1.38. The first-order valence-electron chi connectivity index (χ1n) is 6.36. The Bertz CT molecular complexity index is 654. The number of carbonyl (C=O) groups excluding carboxylic acids is 1. The van der Waals surface area contributed by atoms with Crippen LogP contribution in [0.1, 0.15) is 13.3 Å². The molecule has 0 aliphatic rings. The molecule has 0 radical (unpaired) electrons. The molecule has 0 saturated carbocycles. The second-order valence-corrected chi connectivity index (χ2v) is 5.92. The minimum absolute atomic E-state index is 0.0606. The number of nitro benzene ring substituents is 1. The average molecular weight is 328 g/mol. The second kappa shape index (κ2) is 7.66. The van der Waals surface area contributed by atoms with Gasteiger partial charge in [0.15, 0.2) is 0 Å². The number of nitrogens with zero attached hydrogens (tertiary/aromatic N) is 1. The van der Waals surface area contributed by atoms with Crippen LogP contribution in [-0.2, 0) is 19.6 Å². The summed E-state index contributed by atoms with van der Waals surface area (Å²) in [7, 11) is -4.01.